The Hall–Kier alpha value is -4.18. The molecule has 10 heteroatoms. The Balaban J connectivity index is 0.000000171. The van der Waals surface area contributed by atoms with Gasteiger partial charge in [0, 0.05) is 21.4 Å². The summed E-state index contributed by atoms with van der Waals surface area (Å²) in [5.74, 6) is -3.44. The molecule has 222 valence electrons. The number of halogens is 1. The molecule has 8 nitrogen and oxygen atoms in total. The van der Waals surface area contributed by atoms with Crippen molar-refractivity contribution in [2.45, 2.75) is 30.1 Å². The van der Waals surface area contributed by atoms with Gasteiger partial charge >= 0.3 is 0 Å². The van der Waals surface area contributed by atoms with Crippen molar-refractivity contribution in [2.75, 3.05) is 32.1 Å². The second-order valence-corrected chi connectivity index (χ2v) is 12.3. The van der Waals surface area contributed by atoms with E-state index in [1.165, 1.54) is 35.0 Å². The molecule has 43 heavy (non-hydrogen) atoms. The molecule has 0 unspecified atom stereocenters. The predicted molar refractivity (Wildman–Crippen MR) is 168 cm³/mol. The number of carbonyl (C=O) groups excluding carboxylic acids is 2. The number of carbonyl (C=O) groups is 2. The molecule has 0 bridgehead atoms. The van der Waals surface area contributed by atoms with Crippen LogP contribution in [0.25, 0.3) is 0 Å². The van der Waals surface area contributed by atoms with Gasteiger partial charge in [-0.15, -0.1) is 0 Å². The van der Waals surface area contributed by atoms with Gasteiger partial charge in [0.25, 0.3) is 0 Å². The maximum Gasteiger partial charge on any atom is 0.202 e. The van der Waals surface area contributed by atoms with Gasteiger partial charge in [0.05, 0.1) is 33.6 Å². The highest BCUT2D eigenvalue weighted by atomic mass is 35.5. The van der Waals surface area contributed by atoms with Crippen LogP contribution < -0.4 is 4.90 Å². The van der Waals surface area contributed by atoms with Crippen LogP contribution in [0.4, 0.5) is 11.4 Å². The zero-order valence-electron chi connectivity index (χ0n) is 24.1. The average molecular weight is 619 g/mol. The lowest BCUT2D eigenvalue weighted by molar-refractivity contribution is 0.0969. The van der Waals surface area contributed by atoms with Crippen molar-refractivity contribution in [1.29, 1.82) is 0 Å². The lowest BCUT2D eigenvalue weighted by atomic mass is 9.80. The molecule has 0 amide bonds. The smallest absolute Gasteiger partial charge is 0.202 e. The number of phenolic OH excluding ortho intramolecular Hbond substituents is 4. The van der Waals surface area contributed by atoms with Gasteiger partial charge in [0.15, 0.2) is 0 Å². The Kier molecular flexibility index (Phi) is 8.34. The van der Waals surface area contributed by atoms with E-state index in [0.29, 0.717) is 0 Å². The summed E-state index contributed by atoms with van der Waals surface area (Å²) < 4.78 is 0. The summed E-state index contributed by atoms with van der Waals surface area (Å²) in [6.45, 7) is 5.02. The fourth-order valence-electron chi connectivity index (χ4n) is 5.32. The molecule has 0 fully saturated rings. The Labute approximate surface area is 258 Å². The van der Waals surface area contributed by atoms with Gasteiger partial charge in [-0.2, -0.15) is 0 Å². The van der Waals surface area contributed by atoms with E-state index < -0.39 is 34.6 Å². The van der Waals surface area contributed by atoms with Gasteiger partial charge in [-0.25, -0.2) is 0 Å². The Bertz CT molecular complexity index is 1710. The van der Waals surface area contributed by atoms with Crippen molar-refractivity contribution in [3.8, 4) is 23.0 Å². The normalized spacial score (nSPS) is 13.1. The molecule has 0 aromatic heterocycles. The second-order valence-electron chi connectivity index (χ2n) is 10.8. The largest absolute Gasteiger partial charge is 0.507 e. The highest BCUT2D eigenvalue weighted by Gasteiger charge is 2.39. The standard InChI is InChI=1S/C17H19ClN2S.C16H12O6/c1-19(2)10-5-11-20-14-6-3-4-7-16(14)21-17-9-8-13(18)12-15(17)20;1-5-3-7(17)9-11(13(5)19)15(21)10-8(18)4-6(2)14(20)12(10)16(9)22/h3-4,6-9,12H,5,10-11H2,1-2H3;3-4,17-20H,1-2H3. The molecule has 0 atom stereocenters. The molecule has 4 aromatic carbocycles. The molecule has 1 aliphatic carbocycles. The first-order valence-electron chi connectivity index (χ1n) is 13.6. The molecule has 4 aromatic rings. The number of hydrogen-bond acceptors (Lipinski definition) is 9. The van der Waals surface area contributed by atoms with Gasteiger partial charge in [0.2, 0.25) is 11.6 Å². The quantitative estimate of drug-likeness (QED) is 0.161. The molecule has 1 aliphatic heterocycles. The first kappa shape index (κ1) is 30.3. The highest BCUT2D eigenvalue weighted by molar-refractivity contribution is 7.99. The number of aromatic hydroxyl groups is 4. The van der Waals surface area contributed by atoms with E-state index in [1.807, 2.05) is 17.8 Å². The number of benzene rings is 4. The van der Waals surface area contributed by atoms with E-state index in [2.05, 4.69) is 60.3 Å². The molecule has 0 radical (unpaired) electrons. The Morgan fingerprint density at radius 3 is 1.84 bits per heavy atom. The third kappa shape index (κ3) is 5.51. The fraction of sp³-hybridized carbons (Fsp3) is 0.212. The topological polar surface area (TPSA) is 122 Å². The van der Waals surface area contributed by atoms with E-state index in [1.54, 1.807) is 0 Å². The van der Waals surface area contributed by atoms with Crippen molar-refractivity contribution < 1.29 is 30.0 Å². The SMILES string of the molecule is CN(C)CCCN1c2ccccc2Sc2ccc(Cl)cc21.Cc1cc(O)c2c(c1O)C(=O)c1c(O)cc(C)c(O)c1C2=O. The number of ketones is 2. The van der Waals surface area contributed by atoms with E-state index in [-0.39, 0.29) is 33.4 Å². The van der Waals surface area contributed by atoms with Crippen LogP contribution in [0.3, 0.4) is 0 Å². The maximum absolute atomic E-state index is 12.6. The van der Waals surface area contributed by atoms with Gasteiger partial charge in [0.1, 0.15) is 23.0 Å². The van der Waals surface area contributed by atoms with E-state index in [9.17, 15) is 30.0 Å². The summed E-state index contributed by atoms with van der Waals surface area (Å²) in [5.41, 5.74) is 1.47. The fourth-order valence-corrected chi connectivity index (χ4v) is 6.56. The summed E-state index contributed by atoms with van der Waals surface area (Å²) in [6.07, 6.45) is 1.12. The molecule has 0 spiro atoms. The lowest BCUT2D eigenvalue weighted by Gasteiger charge is -2.33. The molecule has 6 rings (SSSR count). The van der Waals surface area contributed by atoms with Crippen LogP contribution in [0.1, 0.15) is 49.4 Å². The van der Waals surface area contributed by atoms with Crippen LogP contribution in [0.15, 0.2) is 64.4 Å². The molecule has 1 heterocycles. The highest BCUT2D eigenvalue weighted by Crippen LogP contribution is 2.49. The molecule has 4 N–H and O–H groups in total. The number of hydrogen-bond donors (Lipinski definition) is 4. The van der Waals surface area contributed by atoms with Crippen molar-refractivity contribution in [2.24, 2.45) is 0 Å². The molecular weight excluding hydrogens is 588 g/mol. The zero-order valence-corrected chi connectivity index (χ0v) is 25.7. The van der Waals surface area contributed by atoms with Gasteiger partial charge in [-0.1, -0.05) is 35.5 Å². The minimum atomic E-state index is -0.825. The molecule has 2 aliphatic rings. The van der Waals surface area contributed by atoms with E-state index in [4.69, 9.17) is 11.6 Å². The maximum atomic E-state index is 12.6. The lowest BCUT2D eigenvalue weighted by Crippen LogP contribution is -2.25. The third-order valence-electron chi connectivity index (χ3n) is 7.42. The van der Waals surface area contributed by atoms with Crippen LogP contribution in [0.5, 0.6) is 23.0 Å². The van der Waals surface area contributed by atoms with Crippen molar-refractivity contribution in [1.82, 2.24) is 4.90 Å². The summed E-state index contributed by atoms with van der Waals surface area (Å²) in [5, 5.41) is 40.9. The number of rotatable bonds is 4. The van der Waals surface area contributed by atoms with Crippen molar-refractivity contribution in [3.63, 3.8) is 0 Å². The summed E-state index contributed by atoms with van der Waals surface area (Å²) >= 11 is 8.03. The van der Waals surface area contributed by atoms with Crippen LogP contribution in [-0.4, -0.2) is 64.1 Å². The molecular formula is C33H31ClN2O6S. The van der Waals surface area contributed by atoms with Gasteiger partial charge in [-0.05, 0) is 94.5 Å². The Morgan fingerprint density at radius 1 is 0.744 bits per heavy atom. The minimum absolute atomic E-state index is 0.219. The number of fused-ring (bicyclic) bond motifs is 4. The van der Waals surface area contributed by atoms with Crippen LogP contribution in [-0.2, 0) is 0 Å². The third-order valence-corrected chi connectivity index (χ3v) is 8.79. The van der Waals surface area contributed by atoms with Crippen LogP contribution in [0.2, 0.25) is 5.02 Å². The average Bonchev–Trinajstić information content (AvgIpc) is 2.95. The van der Waals surface area contributed by atoms with Crippen LogP contribution in [0, 0.1) is 13.8 Å². The van der Waals surface area contributed by atoms with E-state index >= 15 is 0 Å². The number of nitrogens with zero attached hydrogens (tertiary/aromatic N) is 2. The zero-order chi connectivity index (χ0) is 31.2. The second kappa shape index (κ2) is 11.8. The van der Waals surface area contributed by atoms with Gasteiger partial charge < -0.3 is 30.2 Å². The van der Waals surface area contributed by atoms with Crippen molar-refractivity contribution >= 4 is 46.3 Å². The first-order valence-corrected chi connectivity index (χ1v) is 14.8. The molecule has 0 saturated carbocycles. The molecule has 0 saturated heterocycles. The van der Waals surface area contributed by atoms with Crippen molar-refractivity contribution in [3.05, 3.63) is 93.0 Å². The summed E-state index contributed by atoms with van der Waals surface area (Å²) in [7, 11) is 4.23. The number of para-hydroxylation sites is 1. The first-order chi connectivity index (χ1) is 20.4. The predicted octanol–water partition coefficient (Wildman–Crippen LogP) is 6.80. The summed E-state index contributed by atoms with van der Waals surface area (Å²) in [4.78, 5) is 32.4. The number of aryl methyl sites for hydroxylation is 2. The summed E-state index contributed by atoms with van der Waals surface area (Å²) in [6, 6.07) is 17.1. The minimum Gasteiger partial charge on any atom is -0.507 e. The Morgan fingerprint density at radius 2 is 1.28 bits per heavy atom. The number of anilines is 2. The van der Waals surface area contributed by atoms with E-state index in [0.717, 1.165) is 36.7 Å². The van der Waals surface area contributed by atoms with Gasteiger partial charge in [-0.3, -0.25) is 9.59 Å². The van der Waals surface area contributed by atoms with Crippen LogP contribution >= 0.6 is 23.4 Å². The number of phenols is 4. The monoisotopic (exact) mass is 618 g/mol.